The number of nitrogens with zero attached hydrogens (tertiary/aromatic N) is 1. The number of halogens is 1. The second-order valence-corrected chi connectivity index (χ2v) is 4.21. The molecule has 1 atom stereocenters. The number of hydrogen-bond acceptors (Lipinski definition) is 3. The number of aromatic nitrogens is 1. The molecule has 88 valence electrons. The van der Waals surface area contributed by atoms with Crippen LogP contribution in [0, 0.1) is 0 Å². The van der Waals surface area contributed by atoms with Crippen molar-refractivity contribution in [1.29, 1.82) is 0 Å². The molecule has 1 aromatic heterocycles. The van der Waals surface area contributed by atoms with Crippen LogP contribution in [-0.2, 0) is 6.42 Å². The molecular weight excluding hydrogens is 234 g/mol. The highest BCUT2D eigenvalue weighted by Crippen LogP contribution is 2.24. The van der Waals surface area contributed by atoms with E-state index in [-0.39, 0.29) is 6.04 Å². The van der Waals surface area contributed by atoms with E-state index >= 15 is 0 Å². The topological polar surface area (TPSA) is 50.9 Å². The lowest BCUT2D eigenvalue weighted by molar-refractivity contribution is 0.551. The highest BCUT2D eigenvalue weighted by Gasteiger charge is 2.13. The van der Waals surface area contributed by atoms with Gasteiger partial charge in [-0.2, -0.15) is 0 Å². The summed E-state index contributed by atoms with van der Waals surface area (Å²) in [4.78, 5) is 3.97. The predicted molar refractivity (Wildman–Crippen MR) is 69.5 cm³/mol. The lowest BCUT2D eigenvalue weighted by atomic mass is 10.0. The van der Waals surface area contributed by atoms with Gasteiger partial charge < -0.3 is 0 Å². The van der Waals surface area contributed by atoms with E-state index in [1.807, 2.05) is 24.3 Å². The predicted octanol–water partition coefficient (Wildman–Crippen LogP) is 2.48. The number of rotatable bonds is 4. The van der Waals surface area contributed by atoms with Crippen molar-refractivity contribution in [1.82, 2.24) is 10.4 Å². The van der Waals surface area contributed by atoms with Crippen LogP contribution in [-0.4, -0.2) is 4.98 Å². The lowest BCUT2D eigenvalue weighted by Gasteiger charge is -2.17. The van der Waals surface area contributed by atoms with Crippen molar-refractivity contribution in [2.75, 3.05) is 0 Å². The van der Waals surface area contributed by atoms with Gasteiger partial charge in [-0.25, -0.2) is 0 Å². The molecule has 0 saturated carbocycles. The molecule has 1 heterocycles. The Hall–Kier alpha value is -1.42. The van der Waals surface area contributed by atoms with Crippen molar-refractivity contribution in [3.8, 4) is 0 Å². The molecule has 0 fully saturated rings. The summed E-state index contributed by atoms with van der Waals surface area (Å²) in [6, 6.07) is 12.0. The Kier molecular flexibility index (Phi) is 4.09. The van der Waals surface area contributed by atoms with Gasteiger partial charge in [0.1, 0.15) is 0 Å². The number of nitrogens with two attached hydrogens (primary N) is 1. The van der Waals surface area contributed by atoms with Gasteiger partial charge >= 0.3 is 0 Å². The highest BCUT2D eigenvalue weighted by molar-refractivity contribution is 6.31. The summed E-state index contributed by atoms with van der Waals surface area (Å²) in [6.45, 7) is 0. The summed E-state index contributed by atoms with van der Waals surface area (Å²) in [5.41, 5.74) is 4.97. The van der Waals surface area contributed by atoms with Crippen molar-refractivity contribution < 1.29 is 0 Å². The molecule has 2 rings (SSSR count). The molecule has 0 spiro atoms. The zero-order valence-corrected chi connectivity index (χ0v) is 10.1. The minimum absolute atomic E-state index is 0.00657. The normalized spacial score (nSPS) is 12.4. The Balaban J connectivity index is 2.21. The van der Waals surface area contributed by atoms with Crippen molar-refractivity contribution in [2.45, 2.75) is 12.5 Å². The lowest BCUT2D eigenvalue weighted by Crippen LogP contribution is -2.29. The molecule has 0 saturated heterocycles. The molecular formula is C13H14ClN3. The highest BCUT2D eigenvalue weighted by atomic mass is 35.5. The molecule has 2 aromatic rings. The fourth-order valence-corrected chi connectivity index (χ4v) is 2.03. The quantitative estimate of drug-likeness (QED) is 0.645. The molecule has 0 amide bonds. The van der Waals surface area contributed by atoms with Gasteiger partial charge in [-0.3, -0.25) is 16.3 Å². The van der Waals surface area contributed by atoms with Crippen LogP contribution in [0.25, 0.3) is 0 Å². The van der Waals surface area contributed by atoms with Crippen LogP contribution in [0.1, 0.15) is 17.2 Å². The summed E-state index contributed by atoms with van der Waals surface area (Å²) in [7, 11) is 0. The molecule has 0 radical (unpaired) electrons. The molecule has 3 N–H and O–H groups in total. The standard InChI is InChI=1S/C13H14ClN3/c14-12-9-16-7-6-11(12)13(17-15)8-10-4-2-1-3-5-10/h1-7,9,13,17H,8,15H2. The van der Waals surface area contributed by atoms with Crippen molar-refractivity contribution in [3.05, 3.63) is 64.9 Å². The first-order chi connectivity index (χ1) is 8.31. The maximum Gasteiger partial charge on any atom is 0.0637 e. The third-order valence-corrected chi connectivity index (χ3v) is 2.98. The Labute approximate surface area is 106 Å². The van der Waals surface area contributed by atoms with Gasteiger partial charge in [0.25, 0.3) is 0 Å². The van der Waals surface area contributed by atoms with Crippen molar-refractivity contribution >= 4 is 11.6 Å². The van der Waals surface area contributed by atoms with Crippen molar-refractivity contribution in [2.24, 2.45) is 5.84 Å². The number of hydrogen-bond donors (Lipinski definition) is 2. The first-order valence-electron chi connectivity index (χ1n) is 5.40. The molecule has 17 heavy (non-hydrogen) atoms. The summed E-state index contributed by atoms with van der Waals surface area (Å²) >= 11 is 6.11. The fourth-order valence-electron chi connectivity index (χ4n) is 1.78. The zero-order chi connectivity index (χ0) is 12.1. The Morgan fingerprint density at radius 1 is 1.24 bits per heavy atom. The molecule has 4 heteroatoms. The average Bonchev–Trinajstić information content (AvgIpc) is 2.38. The van der Waals surface area contributed by atoms with Crippen LogP contribution < -0.4 is 11.3 Å². The molecule has 1 aromatic carbocycles. The largest absolute Gasteiger partial charge is 0.271 e. The van der Waals surface area contributed by atoms with Crippen LogP contribution in [0.3, 0.4) is 0 Å². The monoisotopic (exact) mass is 247 g/mol. The minimum Gasteiger partial charge on any atom is -0.271 e. The summed E-state index contributed by atoms with van der Waals surface area (Å²) in [5, 5.41) is 0.631. The molecule has 3 nitrogen and oxygen atoms in total. The average molecular weight is 248 g/mol. The number of benzene rings is 1. The zero-order valence-electron chi connectivity index (χ0n) is 9.31. The first kappa shape index (κ1) is 12.0. The Bertz CT molecular complexity index is 473. The molecule has 0 aliphatic heterocycles. The molecule has 0 aliphatic carbocycles. The first-order valence-corrected chi connectivity index (χ1v) is 5.78. The SMILES string of the molecule is NNC(Cc1ccccc1)c1ccncc1Cl. The number of hydrazine groups is 1. The van der Waals surface area contributed by atoms with E-state index < -0.39 is 0 Å². The van der Waals surface area contributed by atoms with E-state index in [9.17, 15) is 0 Å². The molecule has 0 aliphatic rings. The van der Waals surface area contributed by atoms with E-state index in [1.165, 1.54) is 5.56 Å². The second-order valence-electron chi connectivity index (χ2n) is 3.81. The third-order valence-electron chi connectivity index (χ3n) is 2.66. The van der Waals surface area contributed by atoms with Gasteiger partial charge in [-0.15, -0.1) is 0 Å². The Morgan fingerprint density at radius 3 is 2.65 bits per heavy atom. The summed E-state index contributed by atoms with van der Waals surface area (Å²) in [5.74, 6) is 5.59. The van der Waals surface area contributed by atoms with Crippen molar-refractivity contribution in [3.63, 3.8) is 0 Å². The van der Waals surface area contributed by atoms with Gasteiger partial charge in [0.05, 0.1) is 11.1 Å². The van der Waals surface area contributed by atoms with Crippen LogP contribution >= 0.6 is 11.6 Å². The fraction of sp³-hybridized carbons (Fsp3) is 0.154. The molecule has 0 bridgehead atoms. The number of nitrogens with one attached hydrogen (secondary N) is 1. The van der Waals surface area contributed by atoms with Crippen LogP contribution in [0.4, 0.5) is 0 Å². The van der Waals surface area contributed by atoms with E-state index in [4.69, 9.17) is 17.4 Å². The van der Waals surface area contributed by atoms with Gasteiger partial charge in [0.2, 0.25) is 0 Å². The van der Waals surface area contributed by atoms with E-state index in [0.29, 0.717) is 5.02 Å². The van der Waals surface area contributed by atoms with Gasteiger partial charge in [0.15, 0.2) is 0 Å². The summed E-state index contributed by atoms with van der Waals surface area (Å²) in [6.07, 6.45) is 4.14. The summed E-state index contributed by atoms with van der Waals surface area (Å²) < 4.78 is 0. The van der Waals surface area contributed by atoms with Crippen LogP contribution in [0.2, 0.25) is 5.02 Å². The van der Waals surface area contributed by atoms with E-state index in [0.717, 1.165) is 12.0 Å². The van der Waals surface area contributed by atoms with E-state index in [2.05, 4.69) is 22.5 Å². The molecule has 1 unspecified atom stereocenters. The van der Waals surface area contributed by atoms with E-state index in [1.54, 1.807) is 12.4 Å². The van der Waals surface area contributed by atoms with Crippen LogP contribution in [0.5, 0.6) is 0 Å². The number of pyridine rings is 1. The second kappa shape index (κ2) is 5.77. The van der Waals surface area contributed by atoms with Gasteiger partial charge in [0, 0.05) is 12.4 Å². The maximum absolute atomic E-state index is 6.11. The Morgan fingerprint density at radius 2 is 2.00 bits per heavy atom. The maximum atomic E-state index is 6.11. The third kappa shape index (κ3) is 3.03. The van der Waals surface area contributed by atoms with Gasteiger partial charge in [-0.1, -0.05) is 41.9 Å². The van der Waals surface area contributed by atoms with Crippen LogP contribution in [0.15, 0.2) is 48.8 Å². The minimum atomic E-state index is -0.00657. The van der Waals surface area contributed by atoms with Gasteiger partial charge in [-0.05, 0) is 23.6 Å². The smallest absolute Gasteiger partial charge is 0.0637 e.